The van der Waals surface area contributed by atoms with Crippen LogP contribution in [0, 0.1) is 0 Å². The van der Waals surface area contributed by atoms with Gasteiger partial charge in [0.1, 0.15) is 12.2 Å². The van der Waals surface area contributed by atoms with Gasteiger partial charge in [0.05, 0.1) is 6.20 Å². The zero-order valence-corrected chi connectivity index (χ0v) is 11.0. The Balaban J connectivity index is 1.75. The number of carbonyl (C=O) groups is 1. The first-order valence-corrected chi connectivity index (χ1v) is 6.65. The first-order valence-electron chi connectivity index (χ1n) is 6.65. The van der Waals surface area contributed by atoms with Gasteiger partial charge in [-0.25, -0.2) is 4.79 Å². The number of ether oxygens (including phenoxy) is 1. The van der Waals surface area contributed by atoms with Gasteiger partial charge >= 0.3 is 5.97 Å². The van der Waals surface area contributed by atoms with Crippen LogP contribution in [0.3, 0.4) is 0 Å². The number of pyridine rings is 1. The van der Waals surface area contributed by atoms with Crippen LogP contribution in [0.1, 0.15) is 33.5 Å². The molecule has 1 aromatic carbocycles. The lowest BCUT2D eigenvalue weighted by atomic mass is 10.1. The van der Waals surface area contributed by atoms with Gasteiger partial charge in [-0.3, -0.25) is 4.98 Å². The van der Waals surface area contributed by atoms with Crippen LogP contribution >= 0.6 is 0 Å². The highest BCUT2D eigenvalue weighted by atomic mass is 16.5. The molecule has 0 unspecified atom stereocenters. The lowest BCUT2D eigenvalue weighted by molar-refractivity contribution is 0.0691. The van der Waals surface area contributed by atoms with Crippen molar-refractivity contribution in [3.05, 3.63) is 58.9 Å². The Hall–Kier alpha value is -2.36. The van der Waals surface area contributed by atoms with Crippen molar-refractivity contribution in [2.75, 3.05) is 0 Å². The Morgan fingerprint density at radius 2 is 2.10 bits per heavy atom. The van der Waals surface area contributed by atoms with Gasteiger partial charge in [-0.2, -0.15) is 0 Å². The predicted molar refractivity (Wildman–Crippen MR) is 74.0 cm³/mol. The molecule has 0 amide bonds. The molecular weight excluding hydrogens is 254 g/mol. The summed E-state index contributed by atoms with van der Waals surface area (Å²) in [6, 6.07) is 7.78. The molecule has 1 aromatic heterocycles. The highest BCUT2D eigenvalue weighted by Crippen LogP contribution is 2.24. The number of hydrogen-bond donors (Lipinski definition) is 1. The SMILES string of the molecule is O=C(O)c1ccncc1OCc1ccc2c(c1)CCC2. The second-order valence-electron chi connectivity index (χ2n) is 4.92. The fraction of sp³-hybridized carbons (Fsp3) is 0.250. The maximum atomic E-state index is 11.1. The lowest BCUT2D eigenvalue weighted by Gasteiger charge is -2.09. The number of nitrogens with zero attached hydrogens (tertiary/aromatic N) is 1. The molecule has 4 nitrogen and oxygen atoms in total. The fourth-order valence-electron chi connectivity index (χ4n) is 2.55. The van der Waals surface area contributed by atoms with Crippen LogP contribution in [0.15, 0.2) is 36.7 Å². The molecular formula is C16H15NO3. The Bertz CT molecular complexity index is 652. The molecule has 3 rings (SSSR count). The summed E-state index contributed by atoms with van der Waals surface area (Å²) in [5, 5.41) is 9.08. The third-order valence-corrected chi connectivity index (χ3v) is 3.57. The number of aromatic carboxylic acids is 1. The highest BCUT2D eigenvalue weighted by Gasteiger charge is 2.13. The molecule has 102 valence electrons. The molecule has 0 spiro atoms. The van der Waals surface area contributed by atoms with Crippen molar-refractivity contribution in [1.29, 1.82) is 0 Å². The average Bonchev–Trinajstić information content (AvgIpc) is 2.92. The quantitative estimate of drug-likeness (QED) is 0.927. The summed E-state index contributed by atoms with van der Waals surface area (Å²) in [7, 11) is 0. The minimum atomic E-state index is -1.00. The molecule has 0 radical (unpaired) electrons. The van der Waals surface area contributed by atoms with E-state index in [4.69, 9.17) is 9.84 Å². The summed E-state index contributed by atoms with van der Waals surface area (Å²) in [5.41, 5.74) is 4.00. The topological polar surface area (TPSA) is 59.4 Å². The fourth-order valence-corrected chi connectivity index (χ4v) is 2.55. The van der Waals surface area contributed by atoms with Crippen LogP contribution in [0.2, 0.25) is 0 Å². The van der Waals surface area contributed by atoms with Gasteiger partial charge in [-0.15, -0.1) is 0 Å². The molecule has 0 fully saturated rings. The molecule has 4 heteroatoms. The van der Waals surface area contributed by atoms with Gasteiger partial charge in [-0.05, 0) is 42.0 Å². The van der Waals surface area contributed by atoms with Crippen molar-refractivity contribution in [3.8, 4) is 5.75 Å². The minimum absolute atomic E-state index is 0.140. The number of carboxylic acid groups (broad SMARTS) is 1. The van der Waals surface area contributed by atoms with Crippen LogP contribution in [-0.4, -0.2) is 16.1 Å². The monoisotopic (exact) mass is 269 g/mol. The molecule has 1 aliphatic rings. The molecule has 0 aliphatic heterocycles. The summed E-state index contributed by atoms with van der Waals surface area (Å²) in [6.45, 7) is 0.360. The standard InChI is InChI=1S/C16H15NO3/c18-16(19)14-6-7-17-9-15(14)20-10-11-4-5-12-2-1-3-13(12)8-11/h4-9H,1-3,10H2,(H,18,19). The largest absolute Gasteiger partial charge is 0.486 e. The van der Waals surface area contributed by atoms with Crippen molar-refractivity contribution in [2.24, 2.45) is 0 Å². The molecule has 1 N–H and O–H groups in total. The Morgan fingerprint density at radius 3 is 2.95 bits per heavy atom. The zero-order valence-electron chi connectivity index (χ0n) is 11.0. The molecule has 0 saturated carbocycles. The van der Waals surface area contributed by atoms with Crippen LogP contribution in [0.5, 0.6) is 5.75 Å². The van der Waals surface area contributed by atoms with E-state index in [9.17, 15) is 4.79 Å². The maximum Gasteiger partial charge on any atom is 0.339 e. The van der Waals surface area contributed by atoms with Gasteiger partial charge in [0.25, 0.3) is 0 Å². The smallest absolute Gasteiger partial charge is 0.339 e. The summed E-state index contributed by atoms with van der Waals surface area (Å²) in [4.78, 5) is 15.0. The molecule has 20 heavy (non-hydrogen) atoms. The van der Waals surface area contributed by atoms with Crippen LogP contribution in [0.4, 0.5) is 0 Å². The number of hydrogen-bond acceptors (Lipinski definition) is 3. The van der Waals surface area contributed by atoms with E-state index >= 15 is 0 Å². The number of aromatic nitrogens is 1. The number of aryl methyl sites for hydroxylation is 2. The van der Waals surface area contributed by atoms with Crippen LogP contribution in [0.25, 0.3) is 0 Å². The summed E-state index contributed by atoms with van der Waals surface area (Å²) >= 11 is 0. The zero-order chi connectivity index (χ0) is 13.9. The number of carboxylic acids is 1. The molecule has 0 bridgehead atoms. The van der Waals surface area contributed by atoms with E-state index in [1.54, 1.807) is 0 Å². The first-order chi connectivity index (χ1) is 9.74. The van der Waals surface area contributed by atoms with E-state index in [-0.39, 0.29) is 5.56 Å². The molecule has 0 atom stereocenters. The van der Waals surface area contributed by atoms with Gasteiger partial charge in [0, 0.05) is 6.20 Å². The number of benzene rings is 1. The minimum Gasteiger partial charge on any atom is -0.486 e. The summed E-state index contributed by atoms with van der Waals surface area (Å²) in [5.74, 6) is -0.697. The van der Waals surface area contributed by atoms with Crippen molar-refractivity contribution in [2.45, 2.75) is 25.9 Å². The van der Waals surface area contributed by atoms with E-state index in [1.807, 2.05) is 6.07 Å². The van der Waals surface area contributed by atoms with E-state index in [1.165, 1.54) is 36.0 Å². The van der Waals surface area contributed by atoms with Crippen molar-refractivity contribution >= 4 is 5.97 Å². The van der Waals surface area contributed by atoms with Crippen molar-refractivity contribution in [1.82, 2.24) is 4.98 Å². The van der Waals surface area contributed by atoms with E-state index in [0.717, 1.165) is 18.4 Å². The highest BCUT2D eigenvalue weighted by molar-refractivity contribution is 5.90. The molecule has 1 heterocycles. The summed E-state index contributed by atoms with van der Waals surface area (Å²) < 4.78 is 5.60. The molecule has 1 aliphatic carbocycles. The maximum absolute atomic E-state index is 11.1. The lowest BCUT2D eigenvalue weighted by Crippen LogP contribution is -2.04. The Morgan fingerprint density at radius 1 is 1.25 bits per heavy atom. The van der Waals surface area contributed by atoms with Gasteiger partial charge in [0.2, 0.25) is 0 Å². The Kier molecular flexibility index (Phi) is 3.37. The van der Waals surface area contributed by atoms with Gasteiger partial charge in [0.15, 0.2) is 5.75 Å². The second kappa shape index (κ2) is 5.33. The summed E-state index contributed by atoms with van der Waals surface area (Å²) in [6.07, 6.45) is 6.38. The van der Waals surface area contributed by atoms with Crippen molar-refractivity contribution in [3.63, 3.8) is 0 Å². The third-order valence-electron chi connectivity index (χ3n) is 3.57. The van der Waals surface area contributed by atoms with Crippen LogP contribution < -0.4 is 4.74 Å². The normalized spacial score (nSPS) is 13.0. The van der Waals surface area contributed by atoms with Crippen molar-refractivity contribution < 1.29 is 14.6 Å². The van der Waals surface area contributed by atoms with Crippen LogP contribution in [-0.2, 0) is 19.4 Å². The van der Waals surface area contributed by atoms with Gasteiger partial charge < -0.3 is 9.84 Å². The molecule has 2 aromatic rings. The number of rotatable bonds is 4. The predicted octanol–water partition coefficient (Wildman–Crippen LogP) is 2.85. The molecule has 0 saturated heterocycles. The third kappa shape index (κ3) is 2.50. The Labute approximate surface area is 117 Å². The van der Waals surface area contributed by atoms with E-state index in [0.29, 0.717) is 12.4 Å². The first kappa shape index (κ1) is 12.7. The number of fused-ring (bicyclic) bond motifs is 1. The second-order valence-corrected chi connectivity index (χ2v) is 4.92. The average molecular weight is 269 g/mol. The van der Waals surface area contributed by atoms with E-state index in [2.05, 4.69) is 17.1 Å². The van der Waals surface area contributed by atoms with Gasteiger partial charge in [-0.1, -0.05) is 18.2 Å². The van der Waals surface area contributed by atoms with E-state index < -0.39 is 5.97 Å².